The van der Waals surface area contributed by atoms with E-state index in [-0.39, 0.29) is 23.7 Å². The maximum absolute atomic E-state index is 13.1. The topological polar surface area (TPSA) is 17.1 Å². The predicted octanol–water partition coefficient (Wildman–Crippen LogP) is 2.87. The molecule has 1 rings (SSSR count). The van der Waals surface area contributed by atoms with E-state index < -0.39 is 17.5 Å². The Morgan fingerprint density at radius 3 is 2.07 bits per heavy atom. The molecule has 0 amide bonds. The van der Waals surface area contributed by atoms with Crippen LogP contribution in [0.4, 0.5) is 13.2 Å². The zero-order valence-electron chi connectivity index (χ0n) is 8.48. The van der Waals surface area contributed by atoms with Gasteiger partial charge in [0.05, 0.1) is 0 Å². The fraction of sp³-hybridized carbons (Fsp3) is 0.364. The Kier molecular flexibility index (Phi) is 3.50. The molecule has 15 heavy (non-hydrogen) atoms. The van der Waals surface area contributed by atoms with Gasteiger partial charge in [-0.3, -0.25) is 4.79 Å². The molecular weight excluding hydrogens is 205 g/mol. The summed E-state index contributed by atoms with van der Waals surface area (Å²) >= 11 is 0. The monoisotopic (exact) mass is 216 g/mol. The summed E-state index contributed by atoms with van der Waals surface area (Å²) in [7, 11) is 0. The molecule has 1 aromatic rings. The summed E-state index contributed by atoms with van der Waals surface area (Å²) in [6.07, 6.45) is -0.338. The summed E-state index contributed by atoms with van der Waals surface area (Å²) in [6.45, 7) is 3.28. The highest BCUT2D eigenvalue weighted by molar-refractivity contribution is 5.82. The maximum atomic E-state index is 13.1. The zero-order chi connectivity index (χ0) is 11.6. The van der Waals surface area contributed by atoms with E-state index in [0.29, 0.717) is 12.1 Å². The highest BCUT2D eigenvalue weighted by Crippen LogP contribution is 2.16. The number of benzene rings is 1. The van der Waals surface area contributed by atoms with Crippen LogP contribution in [0.1, 0.15) is 19.4 Å². The first-order valence-corrected chi connectivity index (χ1v) is 4.58. The molecule has 1 aromatic carbocycles. The van der Waals surface area contributed by atoms with Crippen molar-refractivity contribution in [3.63, 3.8) is 0 Å². The smallest absolute Gasteiger partial charge is 0.139 e. The number of carbonyl (C=O) groups is 1. The summed E-state index contributed by atoms with van der Waals surface area (Å²) in [4.78, 5) is 11.3. The molecule has 0 radical (unpaired) electrons. The third kappa shape index (κ3) is 2.81. The van der Waals surface area contributed by atoms with Gasteiger partial charge in [0.2, 0.25) is 0 Å². The van der Waals surface area contributed by atoms with Crippen LogP contribution in [0.3, 0.4) is 0 Å². The molecule has 0 unspecified atom stereocenters. The van der Waals surface area contributed by atoms with Crippen LogP contribution in [0.5, 0.6) is 0 Å². The number of rotatable bonds is 3. The number of carbonyl (C=O) groups excluding carboxylic acids is 1. The Morgan fingerprint density at radius 2 is 1.67 bits per heavy atom. The summed E-state index contributed by atoms with van der Waals surface area (Å²) < 4.78 is 38.7. The van der Waals surface area contributed by atoms with E-state index in [4.69, 9.17) is 0 Å². The van der Waals surface area contributed by atoms with Gasteiger partial charge in [0.25, 0.3) is 0 Å². The molecule has 0 spiro atoms. The minimum atomic E-state index is -1.01. The van der Waals surface area contributed by atoms with Crippen LogP contribution in [-0.4, -0.2) is 5.78 Å². The molecule has 82 valence electrons. The fourth-order valence-corrected chi connectivity index (χ4v) is 1.12. The third-order valence-corrected chi connectivity index (χ3v) is 2.10. The molecule has 0 atom stereocenters. The second kappa shape index (κ2) is 4.47. The molecule has 0 aliphatic carbocycles. The van der Waals surface area contributed by atoms with Gasteiger partial charge in [-0.15, -0.1) is 0 Å². The SMILES string of the molecule is CC(C)C(=O)Cc1c(F)cc(F)cc1F. The molecule has 0 N–H and O–H groups in total. The second-order valence-electron chi connectivity index (χ2n) is 3.65. The van der Waals surface area contributed by atoms with Gasteiger partial charge in [-0.05, 0) is 0 Å². The van der Waals surface area contributed by atoms with E-state index >= 15 is 0 Å². The predicted molar refractivity (Wildman–Crippen MR) is 49.9 cm³/mol. The average Bonchev–Trinajstić information content (AvgIpc) is 2.10. The Hall–Kier alpha value is -1.32. The number of ketones is 1. The van der Waals surface area contributed by atoms with Crippen molar-refractivity contribution in [1.29, 1.82) is 0 Å². The number of hydrogen-bond donors (Lipinski definition) is 0. The Labute approximate surface area is 85.9 Å². The second-order valence-corrected chi connectivity index (χ2v) is 3.65. The van der Waals surface area contributed by atoms with Gasteiger partial charge in [-0.25, -0.2) is 13.2 Å². The van der Waals surface area contributed by atoms with E-state index in [1.165, 1.54) is 0 Å². The van der Waals surface area contributed by atoms with Crippen molar-refractivity contribution in [2.75, 3.05) is 0 Å². The summed E-state index contributed by atoms with van der Waals surface area (Å²) in [5, 5.41) is 0. The van der Waals surface area contributed by atoms with Crippen LogP contribution in [0.15, 0.2) is 12.1 Å². The first-order valence-electron chi connectivity index (χ1n) is 4.58. The van der Waals surface area contributed by atoms with E-state index in [1.807, 2.05) is 0 Å². The standard InChI is InChI=1S/C11H11F3O/c1-6(2)11(15)5-8-9(13)3-7(12)4-10(8)14/h3-4,6H,5H2,1-2H3. The Balaban J connectivity index is 3.00. The first-order chi connectivity index (χ1) is 6.91. The van der Waals surface area contributed by atoms with E-state index in [2.05, 4.69) is 0 Å². The number of hydrogen-bond acceptors (Lipinski definition) is 1. The minimum absolute atomic E-state index is 0.278. The van der Waals surface area contributed by atoms with Crippen LogP contribution in [-0.2, 0) is 11.2 Å². The third-order valence-electron chi connectivity index (χ3n) is 2.10. The summed E-state index contributed by atoms with van der Waals surface area (Å²) in [5.41, 5.74) is -0.366. The summed E-state index contributed by atoms with van der Waals surface area (Å²) in [6, 6.07) is 1.15. The van der Waals surface area contributed by atoms with Crippen molar-refractivity contribution in [2.45, 2.75) is 20.3 Å². The molecule has 4 heteroatoms. The minimum Gasteiger partial charge on any atom is -0.299 e. The lowest BCUT2D eigenvalue weighted by molar-refractivity contribution is -0.121. The van der Waals surface area contributed by atoms with Crippen LogP contribution >= 0.6 is 0 Å². The van der Waals surface area contributed by atoms with Crippen LogP contribution in [0, 0.1) is 23.4 Å². The lowest BCUT2D eigenvalue weighted by Crippen LogP contribution is -2.13. The van der Waals surface area contributed by atoms with Gasteiger partial charge < -0.3 is 0 Å². The molecule has 1 nitrogen and oxygen atoms in total. The summed E-state index contributed by atoms with van der Waals surface area (Å²) in [5.74, 6) is -3.58. The van der Waals surface area contributed by atoms with E-state index in [1.54, 1.807) is 13.8 Å². The van der Waals surface area contributed by atoms with Gasteiger partial charge >= 0.3 is 0 Å². The normalized spacial score (nSPS) is 10.8. The molecule has 0 aliphatic heterocycles. The number of halogens is 3. The molecule has 0 aromatic heterocycles. The van der Waals surface area contributed by atoms with Crippen LogP contribution in [0.2, 0.25) is 0 Å². The van der Waals surface area contributed by atoms with Gasteiger partial charge in [0.15, 0.2) is 0 Å². The Bertz CT molecular complexity index is 362. The molecule has 0 bridgehead atoms. The lowest BCUT2D eigenvalue weighted by Gasteiger charge is -2.06. The zero-order valence-corrected chi connectivity index (χ0v) is 8.48. The van der Waals surface area contributed by atoms with Crippen molar-refractivity contribution in [3.8, 4) is 0 Å². The quantitative estimate of drug-likeness (QED) is 0.759. The maximum Gasteiger partial charge on any atom is 0.139 e. The Morgan fingerprint density at radius 1 is 1.20 bits per heavy atom. The largest absolute Gasteiger partial charge is 0.299 e. The fourth-order valence-electron chi connectivity index (χ4n) is 1.12. The van der Waals surface area contributed by atoms with Crippen LogP contribution in [0.25, 0.3) is 0 Å². The van der Waals surface area contributed by atoms with Gasteiger partial charge in [0.1, 0.15) is 23.2 Å². The average molecular weight is 216 g/mol. The van der Waals surface area contributed by atoms with Gasteiger partial charge in [-0.1, -0.05) is 13.8 Å². The van der Waals surface area contributed by atoms with Crippen molar-refractivity contribution in [1.82, 2.24) is 0 Å². The highest BCUT2D eigenvalue weighted by Gasteiger charge is 2.16. The van der Waals surface area contributed by atoms with Gasteiger partial charge in [-0.2, -0.15) is 0 Å². The molecule has 0 fully saturated rings. The first kappa shape index (κ1) is 11.8. The molecule has 0 saturated heterocycles. The lowest BCUT2D eigenvalue weighted by atomic mass is 10.0. The van der Waals surface area contributed by atoms with Crippen molar-refractivity contribution >= 4 is 5.78 Å². The van der Waals surface area contributed by atoms with Crippen molar-refractivity contribution < 1.29 is 18.0 Å². The van der Waals surface area contributed by atoms with Crippen LogP contribution < -0.4 is 0 Å². The van der Waals surface area contributed by atoms with E-state index in [9.17, 15) is 18.0 Å². The van der Waals surface area contributed by atoms with Gasteiger partial charge in [0, 0.05) is 30.0 Å². The highest BCUT2D eigenvalue weighted by atomic mass is 19.1. The molecule has 0 aliphatic rings. The van der Waals surface area contributed by atoms with Crippen molar-refractivity contribution in [2.24, 2.45) is 5.92 Å². The molecule has 0 heterocycles. The molecule has 0 saturated carbocycles. The molecular formula is C11H11F3O. The number of Topliss-reactive ketones (excluding diaryl/α,β-unsaturated/α-hetero) is 1. The van der Waals surface area contributed by atoms with E-state index in [0.717, 1.165) is 0 Å². The van der Waals surface area contributed by atoms with Crippen molar-refractivity contribution in [3.05, 3.63) is 35.1 Å².